The molecule has 5 nitrogen and oxygen atoms in total. The quantitative estimate of drug-likeness (QED) is 0.851. The molecule has 1 atom stereocenters. The second kappa shape index (κ2) is 7.53. The zero-order valence-electron chi connectivity index (χ0n) is 13.5. The smallest absolute Gasteiger partial charge is 0.268 e. The number of hydrogen-bond donors (Lipinski definition) is 0. The predicted molar refractivity (Wildman–Crippen MR) is 90.3 cm³/mol. The summed E-state index contributed by atoms with van der Waals surface area (Å²) in [4.78, 5) is 14.9. The van der Waals surface area contributed by atoms with E-state index in [9.17, 15) is 4.79 Å². The minimum Gasteiger partial charge on any atom is -0.379 e. The third-order valence-corrected chi connectivity index (χ3v) is 4.23. The van der Waals surface area contributed by atoms with Gasteiger partial charge in [-0.15, -0.1) is 0 Å². The van der Waals surface area contributed by atoms with E-state index in [1.54, 1.807) is 16.9 Å². The van der Waals surface area contributed by atoms with E-state index in [-0.39, 0.29) is 11.7 Å². The van der Waals surface area contributed by atoms with Gasteiger partial charge in [0.25, 0.3) is 5.56 Å². The van der Waals surface area contributed by atoms with Crippen molar-refractivity contribution in [1.82, 2.24) is 14.7 Å². The lowest BCUT2D eigenvalue weighted by molar-refractivity contribution is -0.00930. The summed E-state index contributed by atoms with van der Waals surface area (Å²) in [5.74, 6) is 0. The van der Waals surface area contributed by atoms with Crippen molar-refractivity contribution in [3.63, 3.8) is 0 Å². The van der Waals surface area contributed by atoms with E-state index in [1.807, 2.05) is 30.3 Å². The van der Waals surface area contributed by atoms with Crippen LogP contribution in [0, 0.1) is 0 Å². The average molecular weight is 313 g/mol. The Bertz CT molecular complexity index is 678. The zero-order valence-corrected chi connectivity index (χ0v) is 13.5. The fourth-order valence-corrected chi connectivity index (χ4v) is 3.02. The molecule has 1 unspecified atom stereocenters. The van der Waals surface area contributed by atoms with Crippen LogP contribution in [0.5, 0.6) is 0 Å². The molecule has 0 N–H and O–H groups in total. The molecule has 2 aromatic rings. The number of hydrogen-bond acceptors (Lipinski definition) is 4. The molecule has 3 rings (SSSR count). The zero-order chi connectivity index (χ0) is 16.1. The van der Waals surface area contributed by atoms with Gasteiger partial charge in [-0.2, -0.15) is 5.10 Å². The van der Waals surface area contributed by atoms with Crippen LogP contribution in [0.15, 0.2) is 47.4 Å². The first-order valence-electron chi connectivity index (χ1n) is 8.25. The molecule has 1 aromatic carbocycles. The van der Waals surface area contributed by atoms with Gasteiger partial charge in [0.05, 0.1) is 19.4 Å². The van der Waals surface area contributed by atoms with Crippen LogP contribution in [0.2, 0.25) is 0 Å². The highest BCUT2D eigenvalue weighted by molar-refractivity contribution is 5.61. The van der Waals surface area contributed by atoms with E-state index in [0.717, 1.165) is 50.3 Å². The highest BCUT2D eigenvalue weighted by Crippen LogP contribution is 2.20. The molecular weight excluding hydrogens is 290 g/mol. The third kappa shape index (κ3) is 3.68. The number of rotatable bonds is 5. The molecule has 0 saturated carbocycles. The lowest BCUT2D eigenvalue weighted by atomic mass is 10.1. The van der Waals surface area contributed by atoms with Crippen molar-refractivity contribution < 1.29 is 4.74 Å². The van der Waals surface area contributed by atoms with Crippen LogP contribution in [0.1, 0.15) is 25.9 Å². The number of benzene rings is 1. The first kappa shape index (κ1) is 15.9. The Morgan fingerprint density at radius 1 is 1.17 bits per heavy atom. The van der Waals surface area contributed by atoms with Crippen molar-refractivity contribution in [1.29, 1.82) is 0 Å². The summed E-state index contributed by atoms with van der Waals surface area (Å²) in [6, 6.07) is 11.6. The first-order valence-corrected chi connectivity index (χ1v) is 8.25. The molecule has 0 bridgehead atoms. The molecule has 2 heterocycles. The van der Waals surface area contributed by atoms with Gasteiger partial charge in [0.1, 0.15) is 6.17 Å². The second-order valence-electron chi connectivity index (χ2n) is 5.81. The lowest BCUT2D eigenvalue weighted by Crippen LogP contribution is -2.44. The number of ether oxygens (including phenoxy) is 1. The van der Waals surface area contributed by atoms with Gasteiger partial charge in [-0.3, -0.25) is 9.69 Å². The van der Waals surface area contributed by atoms with Gasteiger partial charge in [0.15, 0.2) is 0 Å². The van der Waals surface area contributed by atoms with Gasteiger partial charge in [-0.1, -0.05) is 43.7 Å². The van der Waals surface area contributed by atoms with Gasteiger partial charge >= 0.3 is 0 Å². The van der Waals surface area contributed by atoms with Crippen LogP contribution < -0.4 is 5.56 Å². The maximum absolute atomic E-state index is 12.6. The molecular formula is C18H23N3O2. The van der Waals surface area contributed by atoms with Crippen molar-refractivity contribution in [2.75, 3.05) is 26.3 Å². The SMILES string of the molecule is CCCC(N1CCOCC1)n1ncc(-c2ccccc2)cc1=O. The summed E-state index contributed by atoms with van der Waals surface area (Å²) in [5, 5.41) is 4.47. The Balaban J connectivity index is 1.90. The van der Waals surface area contributed by atoms with Crippen molar-refractivity contribution in [2.24, 2.45) is 0 Å². The van der Waals surface area contributed by atoms with Crippen molar-refractivity contribution in [3.8, 4) is 11.1 Å². The van der Waals surface area contributed by atoms with Crippen molar-refractivity contribution in [3.05, 3.63) is 52.9 Å². The average Bonchev–Trinajstić information content (AvgIpc) is 2.61. The third-order valence-electron chi connectivity index (χ3n) is 4.23. The predicted octanol–water partition coefficient (Wildman–Crippen LogP) is 2.54. The number of aromatic nitrogens is 2. The van der Waals surface area contributed by atoms with Gasteiger partial charge in [0.2, 0.25) is 0 Å². The number of morpholine rings is 1. The molecule has 0 spiro atoms. The standard InChI is InChI=1S/C18H23N3O2/c1-2-6-17(20-9-11-23-12-10-20)21-18(22)13-16(14-19-21)15-7-4-3-5-8-15/h3-5,7-8,13-14,17H,2,6,9-12H2,1H3. The van der Waals surface area contributed by atoms with E-state index >= 15 is 0 Å². The highest BCUT2D eigenvalue weighted by Gasteiger charge is 2.23. The second-order valence-corrected chi connectivity index (χ2v) is 5.81. The summed E-state index contributed by atoms with van der Waals surface area (Å²) in [5.41, 5.74) is 1.84. The van der Waals surface area contributed by atoms with Crippen LogP contribution in [0.3, 0.4) is 0 Å². The molecule has 1 aliphatic rings. The van der Waals surface area contributed by atoms with E-state index < -0.39 is 0 Å². The summed E-state index contributed by atoms with van der Waals surface area (Å²) < 4.78 is 7.05. The Morgan fingerprint density at radius 2 is 1.91 bits per heavy atom. The molecule has 23 heavy (non-hydrogen) atoms. The molecule has 1 saturated heterocycles. The van der Waals surface area contributed by atoms with Crippen LogP contribution in [0.25, 0.3) is 11.1 Å². The molecule has 0 radical (unpaired) electrons. The normalized spacial score (nSPS) is 17.1. The van der Waals surface area contributed by atoms with Gasteiger partial charge < -0.3 is 4.74 Å². The molecule has 1 fully saturated rings. The molecule has 122 valence electrons. The summed E-state index contributed by atoms with van der Waals surface area (Å²) in [7, 11) is 0. The van der Waals surface area contributed by atoms with Gasteiger partial charge in [-0.05, 0) is 12.0 Å². The fourth-order valence-electron chi connectivity index (χ4n) is 3.02. The van der Waals surface area contributed by atoms with Gasteiger partial charge in [-0.25, -0.2) is 4.68 Å². The van der Waals surface area contributed by atoms with Crippen LogP contribution in [-0.4, -0.2) is 41.0 Å². The summed E-state index contributed by atoms with van der Waals surface area (Å²) in [6.45, 7) is 5.27. The van der Waals surface area contributed by atoms with Crippen molar-refractivity contribution in [2.45, 2.75) is 25.9 Å². The van der Waals surface area contributed by atoms with Crippen LogP contribution in [-0.2, 0) is 4.74 Å². The maximum atomic E-state index is 12.6. The Labute approximate surface area is 136 Å². The highest BCUT2D eigenvalue weighted by atomic mass is 16.5. The summed E-state index contributed by atoms with van der Waals surface area (Å²) >= 11 is 0. The van der Waals surface area contributed by atoms with Gasteiger partial charge in [0, 0.05) is 24.7 Å². The van der Waals surface area contributed by atoms with E-state index in [1.165, 1.54) is 0 Å². The number of nitrogens with zero attached hydrogens (tertiary/aromatic N) is 3. The molecule has 1 aromatic heterocycles. The first-order chi connectivity index (χ1) is 11.3. The summed E-state index contributed by atoms with van der Waals surface area (Å²) in [6.07, 6.45) is 3.73. The van der Waals surface area contributed by atoms with E-state index in [0.29, 0.717) is 0 Å². The minimum atomic E-state index is -0.0451. The topological polar surface area (TPSA) is 47.4 Å². The lowest BCUT2D eigenvalue weighted by Gasteiger charge is -2.34. The monoisotopic (exact) mass is 313 g/mol. The van der Waals surface area contributed by atoms with Crippen LogP contribution >= 0.6 is 0 Å². The molecule has 1 aliphatic heterocycles. The van der Waals surface area contributed by atoms with Crippen molar-refractivity contribution >= 4 is 0 Å². The minimum absolute atomic E-state index is 0.0150. The fraction of sp³-hybridized carbons (Fsp3) is 0.444. The van der Waals surface area contributed by atoms with E-state index in [4.69, 9.17) is 4.74 Å². The Kier molecular flexibility index (Phi) is 5.20. The largest absolute Gasteiger partial charge is 0.379 e. The molecule has 5 heteroatoms. The molecule has 0 amide bonds. The van der Waals surface area contributed by atoms with Crippen LogP contribution in [0.4, 0.5) is 0 Å². The Hall–Kier alpha value is -1.98. The maximum Gasteiger partial charge on any atom is 0.268 e. The Morgan fingerprint density at radius 3 is 2.57 bits per heavy atom. The molecule has 0 aliphatic carbocycles. The van der Waals surface area contributed by atoms with E-state index in [2.05, 4.69) is 16.9 Å².